The van der Waals surface area contributed by atoms with Gasteiger partial charge in [0.25, 0.3) is 5.91 Å². The lowest BCUT2D eigenvalue weighted by Gasteiger charge is -2.37. The van der Waals surface area contributed by atoms with Crippen LogP contribution in [0.4, 0.5) is 0 Å². The Hall–Kier alpha value is -2.12. The fourth-order valence-electron chi connectivity index (χ4n) is 2.40. The minimum absolute atomic E-state index is 0.0788. The molecule has 0 radical (unpaired) electrons. The first kappa shape index (κ1) is 16.9. The van der Waals surface area contributed by atoms with Crippen molar-refractivity contribution in [2.45, 2.75) is 20.3 Å². The summed E-state index contributed by atoms with van der Waals surface area (Å²) in [5.74, 6) is -7.17. The maximum absolute atomic E-state index is 11.8. The number of hydrogen-bond acceptors (Lipinski definition) is 5. The molecular weight excluding hydrogens is 282 g/mol. The van der Waals surface area contributed by atoms with Gasteiger partial charge < -0.3 is 19.8 Å². The van der Waals surface area contributed by atoms with Crippen LogP contribution < -0.4 is 0 Å². The quantitative estimate of drug-likeness (QED) is 0.625. The molecule has 3 unspecified atom stereocenters. The molecule has 8 heteroatoms. The van der Waals surface area contributed by atoms with Crippen LogP contribution in [0.1, 0.15) is 20.3 Å². The number of ether oxygens (including phenoxy) is 1. The summed E-state index contributed by atoms with van der Waals surface area (Å²) in [7, 11) is 0. The van der Waals surface area contributed by atoms with Gasteiger partial charge in [-0.15, -0.1) is 0 Å². The Balaban J connectivity index is 2.55. The van der Waals surface area contributed by atoms with Crippen LogP contribution in [0, 0.1) is 17.8 Å². The first-order chi connectivity index (χ1) is 9.83. The molecule has 1 aliphatic rings. The summed E-state index contributed by atoms with van der Waals surface area (Å²) in [6.45, 7) is 4.07. The number of aliphatic carboxylic acids is 2. The van der Waals surface area contributed by atoms with Gasteiger partial charge in [-0.1, -0.05) is 0 Å². The number of hydrogen-bond donors (Lipinski definition) is 2. The van der Waals surface area contributed by atoms with E-state index in [4.69, 9.17) is 14.9 Å². The lowest BCUT2D eigenvalue weighted by Crippen LogP contribution is -2.50. The van der Waals surface area contributed by atoms with E-state index >= 15 is 0 Å². The van der Waals surface area contributed by atoms with Crippen molar-refractivity contribution >= 4 is 23.8 Å². The van der Waals surface area contributed by atoms with E-state index in [1.165, 1.54) is 4.90 Å². The van der Waals surface area contributed by atoms with Crippen LogP contribution in [0.3, 0.4) is 0 Å². The minimum Gasteiger partial charge on any atom is -0.481 e. The lowest BCUT2D eigenvalue weighted by atomic mass is 9.64. The Labute approximate surface area is 121 Å². The maximum atomic E-state index is 11.8. The van der Waals surface area contributed by atoms with Gasteiger partial charge >= 0.3 is 17.9 Å². The molecule has 0 heterocycles. The highest BCUT2D eigenvalue weighted by molar-refractivity contribution is 5.90. The van der Waals surface area contributed by atoms with Crippen LogP contribution in [-0.2, 0) is 23.9 Å². The van der Waals surface area contributed by atoms with Gasteiger partial charge in [-0.2, -0.15) is 0 Å². The second-order valence-electron chi connectivity index (χ2n) is 4.82. The molecule has 1 saturated carbocycles. The Kier molecular flexibility index (Phi) is 5.69. The predicted octanol–water partition coefficient (Wildman–Crippen LogP) is -0.180. The molecule has 0 spiro atoms. The van der Waals surface area contributed by atoms with Gasteiger partial charge in [-0.05, 0) is 20.3 Å². The minimum atomic E-state index is -1.34. The molecule has 0 saturated heterocycles. The highest BCUT2D eigenvalue weighted by Crippen LogP contribution is 2.41. The van der Waals surface area contributed by atoms with E-state index in [0.29, 0.717) is 13.1 Å². The first-order valence-corrected chi connectivity index (χ1v) is 6.73. The maximum Gasteiger partial charge on any atom is 0.310 e. The monoisotopic (exact) mass is 301 g/mol. The third-order valence-electron chi connectivity index (χ3n) is 3.73. The Morgan fingerprint density at radius 3 is 2.05 bits per heavy atom. The Morgan fingerprint density at radius 1 is 1.05 bits per heavy atom. The van der Waals surface area contributed by atoms with E-state index in [9.17, 15) is 19.2 Å². The van der Waals surface area contributed by atoms with Crippen molar-refractivity contribution in [3.05, 3.63) is 0 Å². The third-order valence-corrected chi connectivity index (χ3v) is 3.73. The Morgan fingerprint density at radius 2 is 1.62 bits per heavy atom. The molecule has 1 amide bonds. The molecule has 8 nitrogen and oxygen atoms in total. The van der Waals surface area contributed by atoms with Crippen LogP contribution >= 0.6 is 0 Å². The summed E-state index contributed by atoms with van der Waals surface area (Å²) >= 11 is 0. The topological polar surface area (TPSA) is 121 Å². The molecule has 0 bridgehead atoms. The smallest absolute Gasteiger partial charge is 0.310 e. The summed E-state index contributed by atoms with van der Waals surface area (Å²) in [6, 6.07) is 0. The van der Waals surface area contributed by atoms with Crippen molar-refractivity contribution in [1.29, 1.82) is 0 Å². The lowest BCUT2D eigenvalue weighted by molar-refractivity contribution is -0.178. The van der Waals surface area contributed by atoms with E-state index in [1.807, 2.05) is 0 Å². The highest BCUT2D eigenvalue weighted by atomic mass is 16.5. The zero-order valence-electron chi connectivity index (χ0n) is 11.9. The van der Waals surface area contributed by atoms with E-state index in [2.05, 4.69) is 0 Å². The molecule has 0 aliphatic heterocycles. The largest absolute Gasteiger partial charge is 0.481 e. The van der Waals surface area contributed by atoms with Gasteiger partial charge in [0.2, 0.25) is 0 Å². The van der Waals surface area contributed by atoms with Crippen LogP contribution in [0.2, 0.25) is 0 Å². The normalized spacial score (nSPS) is 23.8. The van der Waals surface area contributed by atoms with Crippen molar-refractivity contribution in [2.24, 2.45) is 17.8 Å². The van der Waals surface area contributed by atoms with Gasteiger partial charge in [0.05, 0.1) is 17.8 Å². The number of carboxylic acids is 2. The average Bonchev–Trinajstić information content (AvgIpc) is 2.35. The van der Waals surface area contributed by atoms with Crippen LogP contribution in [0.25, 0.3) is 0 Å². The van der Waals surface area contributed by atoms with Crippen LogP contribution in [0.15, 0.2) is 0 Å². The third kappa shape index (κ3) is 3.71. The summed E-state index contributed by atoms with van der Waals surface area (Å²) in [5.41, 5.74) is 0. The van der Waals surface area contributed by atoms with E-state index in [-0.39, 0.29) is 12.3 Å². The fourth-order valence-corrected chi connectivity index (χ4v) is 2.40. The summed E-state index contributed by atoms with van der Waals surface area (Å²) in [6.07, 6.45) is -0.0788. The number of amides is 1. The molecular formula is C13H19NO7. The molecule has 1 rings (SSSR count). The van der Waals surface area contributed by atoms with E-state index in [1.54, 1.807) is 13.8 Å². The van der Waals surface area contributed by atoms with Crippen molar-refractivity contribution in [3.63, 3.8) is 0 Å². The Bertz CT molecular complexity index is 444. The molecule has 3 atom stereocenters. The second kappa shape index (κ2) is 7.05. The molecule has 0 aromatic carbocycles. The van der Waals surface area contributed by atoms with Crippen LogP contribution in [-0.4, -0.2) is 58.6 Å². The number of nitrogens with zero attached hydrogens (tertiary/aromatic N) is 1. The van der Waals surface area contributed by atoms with Gasteiger partial charge in [-0.25, -0.2) is 0 Å². The standard InChI is InChI=1S/C13H19NO7/c1-3-14(4-2)9(15)6-21-13(20)8-5-7(11(16)17)10(8)12(18)19/h7-8,10H,3-6H2,1-2H3,(H,16,17)(H,18,19). The molecule has 0 aromatic heterocycles. The fraction of sp³-hybridized carbons (Fsp3) is 0.692. The molecule has 0 aromatic rings. The molecule has 1 aliphatic carbocycles. The number of carbonyl (C=O) groups is 4. The predicted molar refractivity (Wildman–Crippen MR) is 69.2 cm³/mol. The van der Waals surface area contributed by atoms with Gasteiger partial charge in [0.1, 0.15) is 0 Å². The van der Waals surface area contributed by atoms with Crippen molar-refractivity contribution in [1.82, 2.24) is 4.90 Å². The molecule has 1 fully saturated rings. The van der Waals surface area contributed by atoms with Gasteiger partial charge in [0.15, 0.2) is 6.61 Å². The van der Waals surface area contributed by atoms with E-state index < -0.39 is 42.3 Å². The average molecular weight is 301 g/mol. The SMILES string of the molecule is CCN(CC)C(=O)COC(=O)C1CC(C(=O)O)C1C(=O)O. The van der Waals surface area contributed by atoms with Crippen LogP contribution in [0.5, 0.6) is 0 Å². The summed E-state index contributed by atoms with van der Waals surface area (Å²) < 4.78 is 4.81. The number of rotatable bonds is 7. The highest BCUT2D eigenvalue weighted by Gasteiger charge is 2.54. The van der Waals surface area contributed by atoms with Crippen molar-refractivity contribution in [3.8, 4) is 0 Å². The first-order valence-electron chi connectivity index (χ1n) is 6.73. The zero-order valence-corrected chi connectivity index (χ0v) is 11.9. The molecule has 118 valence electrons. The number of carbonyl (C=O) groups excluding carboxylic acids is 2. The van der Waals surface area contributed by atoms with E-state index in [0.717, 1.165) is 0 Å². The number of carboxylic acid groups (broad SMARTS) is 2. The van der Waals surface area contributed by atoms with Gasteiger partial charge in [-0.3, -0.25) is 19.2 Å². The molecule has 21 heavy (non-hydrogen) atoms. The summed E-state index contributed by atoms with van der Waals surface area (Å²) in [4.78, 5) is 46.7. The number of esters is 1. The van der Waals surface area contributed by atoms with Crippen molar-refractivity contribution in [2.75, 3.05) is 19.7 Å². The molecule has 2 N–H and O–H groups in total. The van der Waals surface area contributed by atoms with Gasteiger partial charge in [0, 0.05) is 13.1 Å². The second-order valence-corrected chi connectivity index (χ2v) is 4.82. The zero-order chi connectivity index (χ0) is 16.2. The van der Waals surface area contributed by atoms with Crippen molar-refractivity contribution < 1.29 is 34.1 Å². The number of likely N-dealkylation sites (N-methyl/N-ethyl adjacent to an activating group) is 1. The summed E-state index contributed by atoms with van der Waals surface area (Å²) in [5, 5.41) is 17.8.